The summed E-state index contributed by atoms with van der Waals surface area (Å²) in [7, 11) is 0. The molecule has 0 atom stereocenters. The van der Waals surface area contributed by atoms with E-state index in [1.165, 1.54) is 45.3 Å². The molecule has 0 nitrogen and oxygen atoms in total. The lowest BCUT2D eigenvalue weighted by molar-refractivity contribution is 1.59. The molecule has 0 saturated carbocycles. The van der Waals surface area contributed by atoms with Gasteiger partial charge in [0.15, 0.2) is 0 Å². The molecule has 0 aliphatic rings. The van der Waals surface area contributed by atoms with Crippen LogP contribution in [0.4, 0.5) is 0 Å². The second-order valence-electron chi connectivity index (χ2n) is 6.79. The predicted molar refractivity (Wildman–Crippen MR) is 137 cm³/mol. The van der Waals surface area contributed by atoms with Crippen molar-refractivity contribution >= 4 is 45.3 Å². The zero-order valence-corrected chi connectivity index (χ0v) is 19.3. The van der Waals surface area contributed by atoms with Crippen LogP contribution in [-0.4, -0.2) is 0 Å². The SMILES string of the molecule is Ic1ccc(-c2ccc(-c3ccc(-c4ccc(-c5ccccc5)cc4)cc3)s2)s1. The van der Waals surface area contributed by atoms with E-state index >= 15 is 0 Å². The van der Waals surface area contributed by atoms with Gasteiger partial charge in [-0.25, -0.2) is 0 Å². The molecule has 3 aromatic carbocycles. The minimum absolute atomic E-state index is 1.25. The van der Waals surface area contributed by atoms with Gasteiger partial charge >= 0.3 is 0 Å². The van der Waals surface area contributed by atoms with Gasteiger partial charge in [0, 0.05) is 14.6 Å². The average Bonchev–Trinajstić information content (AvgIpc) is 3.44. The fraction of sp³-hybridized carbons (Fsp3) is 0. The fourth-order valence-corrected chi connectivity index (χ4v) is 6.11. The lowest BCUT2D eigenvalue weighted by Crippen LogP contribution is -1.81. The van der Waals surface area contributed by atoms with Crippen molar-refractivity contribution in [1.82, 2.24) is 0 Å². The van der Waals surface area contributed by atoms with Crippen LogP contribution in [0.3, 0.4) is 0 Å². The zero-order chi connectivity index (χ0) is 19.6. The topological polar surface area (TPSA) is 0 Å². The van der Waals surface area contributed by atoms with Gasteiger partial charge in [-0.3, -0.25) is 0 Å². The highest BCUT2D eigenvalue weighted by Gasteiger charge is 2.08. The maximum absolute atomic E-state index is 2.38. The summed E-state index contributed by atoms with van der Waals surface area (Å²) in [5, 5.41) is 0. The van der Waals surface area contributed by atoms with E-state index in [2.05, 4.69) is 126 Å². The van der Waals surface area contributed by atoms with Gasteiger partial charge in [0.05, 0.1) is 2.88 Å². The van der Waals surface area contributed by atoms with Crippen LogP contribution in [0.5, 0.6) is 0 Å². The maximum atomic E-state index is 2.38. The van der Waals surface area contributed by atoms with Crippen molar-refractivity contribution < 1.29 is 0 Å². The Morgan fingerprint density at radius 2 is 0.828 bits per heavy atom. The molecule has 5 aromatic rings. The molecular formula is C26H17IS2. The quantitative estimate of drug-likeness (QED) is 0.207. The van der Waals surface area contributed by atoms with Crippen molar-refractivity contribution in [3.63, 3.8) is 0 Å². The lowest BCUT2D eigenvalue weighted by atomic mass is 9.99. The summed E-state index contributed by atoms with van der Waals surface area (Å²) in [5.41, 5.74) is 6.27. The average molecular weight is 520 g/mol. The summed E-state index contributed by atoms with van der Waals surface area (Å²) in [6.45, 7) is 0. The van der Waals surface area contributed by atoms with Gasteiger partial charge in [0.1, 0.15) is 0 Å². The van der Waals surface area contributed by atoms with E-state index in [0.29, 0.717) is 0 Å². The number of thiophene rings is 2. The lowest BCUT2D eigenvalue weighted by Gasteiger charge is -2.06. The molecule has 0 radical (unpaired) electrons. The van der Waals surface area contributed by atoms with Gasteiger partial charge in [-0.15, -0.1) is 22.7 Å². The maximum Gasteiger partial charge on any atom is 0.0660 e. The first kappa shape index (κ1) is 18.8. The highest BCUT2D eigenvalue weighted by Crippen LogP contribution is 2.38. The van der Waals surface area contributed by atoms with Crippen LogP contribution in [0.1, 0.15) is 0 Å². The molecule has 29 heavy (non-hydrogen) atoms. The van der Waals surface area contributed by atoms with Crippen LogP contribution in [0.25, 0.3) is 42.4 Å². The predicted octanol–water partition coefficient (Wildman–Crippen LogP) is 9.08. The minimum atomic E-state index is 1.25. The second kappa shape index (κ2) is 8.27. The summed E-state index contributed by atoms with van der Waals surface area (Å²) in [6, 6.07) is 37.1. The van der Waals surface area contributed by atoms with Crippen molar-refractivity contribution in [2.45, 2.75) is 0 Å². The molecule has 0 spiro atoms. The second-order valence-corrected chi connectivity index (χ2v) is 10.9. The minimum Gasteiger partial charge on any atom is -0.134 e. The molecule has 140 valence electrons. The summed E-state index contributed by atoms with van der Waals surface area (Å²) in [5.74, 6) is 0. The molecule has 0 bridgehead atoms. The van der Waals surface area contributed by atoms with Gasteiger partial charge in [0.25, 0.3) is 0 Å². The molecule has 2 heterocycles. The first-order valence-electron chi connectivity index (χ1n) is 9.38. The summed E-state index contributed by atoms with van der Waals surface area (Å²) >= 11 is 6.09. The van der Waals surface area contributed by atoms with Gasteiger partial charge in [-0.05, 0) is 74.7 Å². The Balaban J connectivity index is 1.37. The molecule has 5 rings (SSSR count). The number of hydrogen-bond acceptors (Lipinski definition) is 2. The Hall–Kier alpha value is -2.21. The van der Waals surface area contributed by atoms with Crippen LogP contribution < -0.4 is 0 Å². The van der Waals surface area contributed by atoms with Crippen molar-refractivity contribution in [2.24, 2.45) is 0 Å². The Labute approximate surface area is 192 Å². The number of halogens is 1. The zero-order valence-electron chi connectivity index (χ0n) is 15.5. The Morgan fingerprint density at radius 3 is 1.38 bits per heavy atom. The molecule has 0 aliphatic heterocycles. The van der Waals surface area contributed by atoms with Crippen LogP contribution in [0.2, 0.25) is 0 Å². The number of benzene rings is 3. The van der Waals surface area contributed by atoms with E-state index in [1.54, 1.807) is 0 Å². The van der Waals surface area contributed by atoms with E-state index in [1.807, 2.05) is 22.7 Å². The van der Waals surface area contributed by atoms with E-state index in [0.717, 1.165) is 0 Å². The first-order chi connectivity index (χ1) is 14.3. The normalized spacial score (nSPS) is 10.9. The van der Waals surface area contributed by atoms with E-state index < -0.39 is 0 Å². The molecule has 0 fully saturated rings. The van der Waals surface area contributed by atoms with Crippen LogP contribution in [0, 0.1) is 2.88 Å². The van der Waals surface area contributed by atoms with Crippen LogP contribution in [-0.2, 0) is 0 Å². The van der Waals surface area contributed by atoms with Crippen LogP contribution in [0.15, 0.2) is 103 Å². The Morgan fingerprint density at radius 1 is 0.379 bits per heavy atom. The first-order valence-corrected chi connectivity index (χ1v) is 12.1. The molecule has 0 N–H and O–H groups in total. The van der Waals surface area contributed by atoms with Crippen molar-refractivity contribution in [3.8, 4) is 42.4 Å². The molecule has 3 heteroatoms. The fourth-order valence-electron chi connectivity index (χ4n) is 3.38. The van der Waals surface area contributed by atoms with Crippen molar-refractivity contribution in [1.29, 1.82) is 0 Å². The van der Waals surface area contributed by atoms with Gasteiger partial charge in [0.2, 0.25) is 0 Å². The van der Waals surface area contributed by atoms with Gasteiger partial charge < -0.3 is 0 Å². The standard InChI is InChI=1S/C26H17IS2/c27-26-17-16-25(29-26)24-15-14-23(28-24)22-12-10-21(11-13-22)20-8-6-19(7-9-20)18-4-2-1-3-5-18/h1-17H. The van der Waals surface area contributed by atoms with Gasteiger partial charge in [-0.1, -0.05) is 78.9 Å². The van der Waals surface area contributed by atoms with Crippen molar-refractivity contribution in [2.75, 3.05) is 0 Å². The highest BCUT2D eigenvalue weighted by atomic mass is 127. The summed E-state index contributed by atoms with van der Waals surface area (Å²) in [4.78, 5) is 4.00. The molecule has 0 unspecified atom stereocenters. The van der Waals surface area contributed by atoms with Crippen LogP contribution >= 0.6 is 45.3 Å². The smallest absolute Gasteiger partial charge is 0.0660 e. The summed E-state index contributed by atoms with van der Waals surface area (Å²) in [6.07, 6.45) is 0. The largest absolute Gasteiger partial charge is 0.134 e. The molecule has 0 saturated heterocycles. The monoisotopic (exact) mass is 520 g/mol. The third kappa shape index (κ3) is 4.08. The molecular weight excluding hydrogens is 503 g/mol. The van der Waals surface area contributed by atoms with Gasteiger partial charge in [-0.2, -0.15) is 0 Å². The van der Waals surface area contributed by atoms with E-state index in [4.69, 9.17) is 0 Å². The Kier molecular flexibility index (Phi) is 5.36. The summed E-state index contributed by atoms with van der Waals surface area (Å²) < 4.78 is 1.33. The van der Waals surface area contributed by atoms with E-state index in [-0.39, 0.29) is 0 Å². The number of rotatable bonds is 4. The molecule has 0 aliphatic carbocycles. The molecule has 2 aromatic heterocycles. The third-order valence-electron chi connectivity index (χ3n) is 4.92. The highest BCUT2D eigenvalue weighted by molar-refractivity contribution is 14.1. The molecule has 0 amide bonds. The third-order valence-corrected chi connectivity index (χ3v) is 8.14. The van der Waals surface area contributed by atoms with Crippen molar-refractivity contribution in [3.05, 3.63) is 106 Å². The number of hydrogen-bond donors (Lipinski definition) is 0. The Bertz CT molecular complexity index is 1230. The van der Waals surface area contributed by atoms with E-state index in [9.17, 15) is 0 Å².